The molecule has 1 saturated heterocycles. The first-order valence-electron chi connectivity index (χ1n) is 4.82. The molecule has 0 unspecified atom stereocenters. The summed E-state index contributed by atoms with van der Waals surface area (Å²) in [5.74, 6) is 0. The fraction of sp³-hybridized carbons (Fsp3) is 0.500. The molecule has 0 aromatic carbocycles. The quantitative estimate of drug-likeness (QED) is 0.695. The van der Waals surface area contributed by atoms with Crippen molar-refractivity contribution in [1.82, 2.24) is 9.80 Å². The minimum atomic E-state index is 0.870. The van der Waals surface area contributed by atoms with Crippen LogP contribution in [0.5, 0.6) is 0 Å². The first-order valence-corrected chi connectivity index (χ1v) is 5.70. The predicted molar refractivity (Wildman–Crippen MR) is 57.2 cm³/mol. The number of nitrogens with zero attached hydrogens (tertiary/aromatic N) is 2. The molecule has 1 aliphatic rings. The van der Waals surface area contributed by atoms with Gasteiger partial charge in [-0.15, -0.1) is 11.3 Å². The third-order valence-corrected chi connectivity index (χ3v) is 3.38. The first-order chi connectivity index (χ1) is 6.88. The van der Waals surface area contributed by atoms with Gasteiger partial charge in [0, 0.05) is 37.6 Å². The van der Waals surface area contributed by atoms with Crippen LogP contribution in [-0.4, -0.2) is 42.4 Å². The summed E-state index contributed by atoms with van der Waals surface area (Å²) in [7, 11) is 0. The lowest BCUT2D eigenvalue weighted by molar-refractivity contribution is -0.119. The zero-order valence-corrected chi connectivity index (χ0v) is 8.87. The third-order valence-electron chi connectivity index (χ3n) is 2.52. The van der Waals surface area contributed by atoms with E-state index in [2.05, 4.69) is 22.4 Å². The zero-order valence-electron chi connectivity index (χ0n) is 8.06. The highest BCUT2D eigenvalue weighted by Crippen LogP contribution is 2.12. The van der Waals surface area contributed by atoms with E-state index in [4.69, 9.17) is 0 Å². The Morgan fingerprint density at radius 2 is 2.14 bits per heavy atom. The van der Waals surface area contributed by atoms with Crippen molar-refractivity contribution in [3.05, 3.63) is 22.4 Å². The van der Waals surface area contributed by atoms with Gasteiger partial charge < -0.3 is 4.90 Å². The molecule has 0 atom stereocenters. The van der Waals surface area contributed by atoms with E-state index in [1.807, 2.05) is 4.90 Å². The maximum absolute atomic E-state index is 10.5. The van der Waals surface area contributed by atoms with Gasteiger partial charge >= 0.3 is 0 Å². The molecule has 0 aliphatic carbocycles. The average Bonchev–Trinajstić information content (AvgIpc) is 2.72. The van der Waals surface area contributed by atoms with Crippen LogP contribution in [0.15, 0.2) is 17.5 Å². The lowest BCUT2D eigenvalue weighted by Gasteiger charge is -2.32. The van der Waals surface area contributed by atoms with Crippen LogP contribution in [0.4, 0.5) is 0 Å². The van der Waals surface area contributed by atoms with E-state index < -0.39 is 0 Å². The Balaban J connectivity index is 1.81. The SMILES string of the molecule is O=CN1CCN(Cc2cccs2)CC1. The van der Waals surface area contributed by atoms with Crippen molar-refractivity contribution < 1.29 is 4.79 Å². The molecule has 76 valence electrons. The van der Waals surface area contributed by atoms with Crippen LogP contribution in [0.25, 0.3) is 0 Å². The molecule has 1 fully saturated rings. The van der Waals surface area contributed by atoms with Gasteiger partial charge in [0.2, 0.25) is 6.41 Å². The number of hydrogen-bond acceptors (Lipinski definition) is 3. The highest BCUT2D eigenvalue weighted by molar-refractivity contribution is 7.09. The van der Waals surface area contributed by atoms with Crippen LogP contribution in [0.2, 0.25) is 0 Å². The summed E-state index contributed by atoms with van der Waals surface area (Å²) >= 11 is 1.80. The van der Waals surface area contributed by atoms with Gasteiger partial charge in [0.1, 0.15) is 0 Å². The van der Waals surface area contributed by atoms with E-state index >= 15 is 0 Å². The fourth-order valence-corrected chi connectivity index (χ4v) is 2.40. The molecule has 0 bridgehead atoms. The summed E-state index contributed by atoms with van der Waals surface area (Å²) in [6.45, 7) is 4.77. The molecule has 1 aliphatic heterocycles. The van der Waals surface area contributed by atoms with Crippen molar-refractivity contribution >= 4 is 17.7 Å². The number of carbonyl (C=O) groups excluding carboxylic acids is 1. The summed E-state index contributed by atoms with van der Waals surface area (Å²) in [4.78, 5) is 16.1. The zero-order chi connectivity index (χ0) is 9.80. The molecule has 1 amide bonds. The molecule has 4 heteroatoms. The lowest BCUT2D eigenvalue weighted by Crippen LogP contribution is -2.44. The van der Waals surface area contributed by atoms with Crippen LogP contribution in [0.1, 0.15) is 4.88 Å². The monoisotopic (exact) mass is 210 g/mol. The largest absolute Gasteiger partial charge is 0.343 e. The van der Waals surface area contributed by atoms with E-state index in [1.54, 1.807) is 11.3 Å². The van der Waals surface area contributed by atoms with Crippen molar-refractivity contribution in [1.29, 1.82) is 0 Å². The third kappa shape index (κ3) is 2.33. The minimum Gasteiger partial charge on any atom is -0.343 e. The number of rotatable bonds is 3. The Kier molecular flexibility index (Phi) is 3.16. The van der Waals surface area contributed by atoms with Gasteiger partial charge in [-0.3, -0.25) is 9.69 Å². The van der Waals surface area contributed by atoms with E-state index in [0.717, 1.165) is 39.1 Å². The summed E-state index contributed by atoms with van der Waals surface area (Å²) in [5, 5.41) is 2.11. The van der Waals surface area contributed by atoms with E-state index in [9.17, 15) is 4.79 Å². The van der Waals surface area contributed by atoms with Crippen LogP contribution >= 0.6 is 11.3 Å². The van der Waals surface area contributed by atoms with E-state index in [0.29, 0.717) is 0 Å². The van der Waals surface area contributed by atoms with Crippen molar-refractivity contribution in [3.8, 4) is 0 Å². The van der Waals surface area contributed by atoms with E-state index in [1.165, 1.54) is 4.88 Å². The molecular weight excluding hydrogens is 196 g/mol. The Hall–Kier alpha value is -0.870. The molecular formula is C10H14N2OS. The highest BCUT2D eigenvalue weighted by Gasteiger charge is 2.15. The first kappa shape index (κ1) is 9.68. The molecule has 14 heavy (non-hydrogen) atoms. The lowest BCUT2D eigenvalue weighted by atomic mass is 10.3. The van der Waals surface area contributed by atoms with Gasteiger partial charge in [0.25, 0.3) is 0 Å². The van der Waals surface area contributed by atoms with Crippen LogP contribution in [0.3, 0.4) is 0 Å². The van der Waals surface area contributed by atoms with Crippen LogP contribution in [-0.2, 0) is 11.3 Å². The number of hydrogen-bond donors (Lipinski definition) is 0. The van der Waals surface area contributed by atoms with Crippen molar-refractivity contribution in [2.75, 3.05) is 26.2 Å². The topological polar surface area (TPSA) is 23.6 Å². The van der Waals surface area contributed by atoms with Gasteiger partial charge in [-0.05, 0) is 11.4 Å². The standard InChI is InChI=1S/C10H14N2OS/c13-9-12-5-3-11(4-6-12)8-10-2-1-7-14-10/h1-2,7,9H,3-6,8H2. The predicted octanol–water partition coefficient (Wildman–Crippen LogP) is 1.02. The van der Waals surface area contributed by atoms with Crippen molar-refractivity contribution in [2.45, 2.75) is 6.54 Å². The molecule has 0 radical (unpaired) electrons. The molecule has 3 nitrogen and oxygen atoms in total. The summed E-state index contributed by atoms with van der Waals surface area (Å²) in [5.41, 5.74) is 0. The average molecular weight is 210 g/mol. The molecule has 2 heterocycles. The normalized spacial score (nSPS) is 18.4. The molecule has 0 N–H and O–H groups in total. The smallest absolute Gasteiger partial charge is 0.209 e. The highest BCUT2D eigenvalue weighted by atomic mass is 32.1. The van der Waals surface area contributed by atoms with Crippen LogP contribution in [0, 0.1) is 0 Å². The van der Waals surface area contributed by atoms with Gasteiger partial charge in [-0.1, -0.05) is 6.07 Å². The van der Waals surface area contributed by atoms with E-state index in [-0.39, 0.29) is 0 Å². The maximum Gasteiger partial charge on any atom is 0.209 e. The van der Waals surface area contributed by atoms with Gasteiger partial charge in [0.05, 0.1) is 0 Å². The second-order valence-corrected chi connectivity index (χ2v) is 4.53. The number of carbonyl (C=O) groups is 1. The Morgan fingerprint density at radius 1 is 1.36 bits per heavy atom. The number of piperazine rings is 1. The van der Waals surface area contributed by atoms with Gasteiger partial charge in [-0.25, -0.2) is 0 Å². The van der Waals surface area contributed by atoms with Gasteiger partial charge in [0.15, 0.2) is 0 Å². The molecule has 2 rings (SSSR count). The second-order valence-electron chi connectivity index (χ2n) is 3.50. The molecule has 0 spiro atoms. The van der Waals surface area contributed by atoms with Crippen molar-refractivity contribution in [3.63, 3.8) is 0 Å². The molecule has 1 aromatic heterocycles. The Bertz CT molecular complexity index is 278. The number of amides is 1. The Morgan fingerprint density at radius 3 is 2.71 bits per heavy atom. The molecule has 1 aromatic rings. The number of thiophene rings is 1. The van der Waals surface area contributed by atoms with Crippen LogP contribution < -0.4 is 0 Å². The minimum absolute atomic E-state index is 0.870. The summed E-state index contributed by atoms with van der Waals surface area (Å²) < 4.78 is 0. The van der Waals surface area contributed by atoms with Crippen molar-refractivity contribution in [2.24, 2.45) is 0 Å². The fourth-order valence-electron chi connectivity index (χ4n) is 1.65. The van der Waals surface area contributed by atoms with Gasteiger partial charge in [-0.2, -0.15) is 0 Å². The summed E-state index contributed by atoms with van der Waals surface area (Å²) in [6, 6.07) is 4.25. The summed E-state index contributed by atoms with van der Waals surface area (Å²) in [6.07, 6.45) is 0.947. The Labute approximate surface area is 87.9 Å². The maximum atomic E-state index is 10.5. The second kappa shape index (κ2) is 4.57. The molecule has 0 saturated carbocycles.